The minimum atomic E-state index is -0.481. The van der Waals surface area contributed by atoms with Gasteiger partial charge in [0.05, 0.1) is 4.92 Å². The van der Waals surface area contributed by atoms with Gasteiger partial charge in [-0.05, 0) is 40.2 Å². The highest BCUT2D eigenvalue weighted by molar-refractivity contribution is 9.10. The van der Waals surface area contributed by atoms with Crippen LogP contribution in [0.3, 0.4) is 0 Å². The molecule has 2 rings (SSSR count). The molecule has 20 heavy (non-hydrogen) atoms. The van der Waals surface area contributed by atoms with Gasteiger partial charge in [-0.1, -0.05) is 0 Å². The van der Waals surface area contributed by atoms with Crippen LogP contribution in [-0.2, 0) is 0 Å². The third-order valence-electron chi connectivity index (χ3n) is 2.73. The maximum atomic E-state index is 12.3. The van der Waals surface area contributed by atoms with Gasteiger partial charge >= 0.3 is 0 Å². The fourth-order valence-corrected chi connectivity index (χ4v) is 2.01. The zero-order valence-electron chi connectivity index (χ0n) is 10.5. The predicted octanol–water partition coefficient (Wildman–Crippen LogP) is 3.03. The van der Waals surface area contributed by atoms with Crippen molar-refractivity contribution in [2.24, 2.45) is 0 Å². The zero-order valence-corrected chi connectivity index (χ0v) is 12.1. The summed E-state index contributed by atoms with van der Waals surface area (Å²) in [6.07, 6.45) is 1.53. The van der Waals surface area contributed by atoms with Crippen LogP contribution in [0.2, 0.25) is 0 Å². The topological polar surface area (TPSA) is 76.3 Å². The molecule has 0 saturated heterocycles. The van der Waals surface area contributed by atoms with Crippen molar-refractivity contribution in [1.29, 1.82) is 0 Å². The van der Waals surface area contributed by atoms with E-state index in [-0.39, 0.29) is 11.6 Å². The summed E-state index contributed by atoms with van der Waals surface area (Å²) in [6.45, 7) is 0. The van der Waals surface area contributed by atoms with Crippen LogP contribution in [0.1, 0.15) is 10.4 Å². The molecule has 1 aromatic heterocycles. The maximum Gasteiger partial charge on any atom is 0.269 e. The lowest BCUT2D eigenvalue weighted by molar-refractivity contribution is -0.384. The quantitative estimate of drug-likeness (QED) is 0.490. The number of hydrogen-bond donors (Lipinski definition) is 0. The first-order valence-corrected chi connectivity index (χ1v) is 6.42. The Morgan fingerprint density at radius 1 is 1.30 bits per heavy atom. The standard InChI is InChI=1S/C13H10BrN3O3/c1-16(10-2-4-11(5-3-10)17(19)20)13(18)9-6-7-15-12(14)8-9/h2-8H,1H3. The third-order valence-corrected chi connectivity index (χ3v) is 3.16. The fourth-order valence-electron chi connectivity index (χ4n) is 1.64. The van der Waals surface area contributed by atoms with Crippen molar-refractivity contribution in [3.8, 4) is 0 Å². The molecule has 0 unspecified atom stereocenters. The Labute approximate surface area is 123 Å². The number of anilines is 1. The SMILES string of the molecule is CN(C(=O)c1ccnc(Br)c1)c1ccc([N+](=O)[O-])cc1. The van der Waals surface area contributed by atoms with Crippen LogP contribution in [0.4, 0.5) is 11.4 Å². The van der Waals surface area contributed by atoms with E-state index in [0.29, 0.717) is 15.9 Å². The average Bonchev–Trinajstić information content (AvgIpc) is 2.46. The number of nitrogens with zero attached hydrogens (tertiary/aromatic N) is 3. The number of rotatable bonds is 3. The van der Waals surface area contributed by atoms with Crippen molar-refractivity contribution in [2.75, 3.05) is 11.9 Å². The fraction of sp³-hybridized carbons (Fsp3) is 0.0769. The summed E-state index contributed by atoms with van der Waals surface area (Å²) in [6, 6.07) is 9.01. The molecular formula is C13H10BrN3O3. The molecular weight excluding hydrogens is 326 g/mol. The second kappa shape index (κ2) is 5.79. The Bertz CT molecular complexity index is 658. The normalized spacial score (nSPS) is 10.1. The van der Waals surface area contributed by atoms with E-state index in [0.717, 1.165) is 0 Å². The van der Waals surface area contributed by atoms with Gasteiger partial charge in [0.1, 0.15) is 4.60 Å². The van der Waals surface area contributed by atoms with E-state index in [1.54, 1.807) is 19.2 Å². The summed E-state index contributed by atoms with van der Waals surface area (Å²) in [7, 11) is 1.61. The van der Waals surface area contributed by atoms with Gasteiger partial charge in [-0.15, -0.1) is 0 Å². The summed E-state index contributed by atoms with van der Waals surface area (Å²) in [4.78, 5) is 27.7. The number of carbonyl (C=O) groups excluding carboxylic acids is 1. The highest BCUT2D eigenvalue weighted by Gasteiger charge is 2.15. The monoisotopic (exact) mass is 335 g/mol. The van der Waals surface area contributed by atoms with Gasteiger partial charge in [0, 0.05) is 36.6 Å². The van der Waals surface area contributed by atoms with Crippen molar-refractivity contribution in [3.63, 3.8) is 0 Å². The number of benzene rings is 1. The van der Waals surface area contributed by atoms with E-state index < -0.39 is 4.92 Å². The molecule has 0 aliphatic heterocycles. The summed E-state index contributed by atoms with van der Waals surface area (Å²) >= 11 is 3.20. The van der Waals surface area contributed by atoms with E-state index in [1.807, 2.05) is 0 Å². The first-order chi connectivity index (χ1) is 9.49. The first kappa shape index (κ1) is 14.1. The lowest BCUT2D eigenvalue weighted by Crippen LogP contribution is -2.26. The van der Waals surface area contributed by atoms with Crippen LogP contribution >= 0.6 is 15.9 Å². The molecule has 102 valence electrons. The number of amides is 1. The Hall–Kier alpha value is -2.28. The van der Waals surface area contributed by atoms with Gasteiger partial charge in [0.25, 0.3) is 11.6 Å². The number of halogens is 1. The van der Waals surface area contributed by atoms with E-state index in [1.165, 1.54) is 35.4 Å². The van der Waals surface area contributed by atoms with Gasteiger partial charge in [-0.25, -0.2) is 4.98 Å². The van der Waals surface area contributed by atoms with Crippen LogP contribution in [0.15, 0.2) is 47.2 Å². The molecule has 0 fully saturated rings. The second-order valence-corrected chi connectivity index (χ2v) is 4.82. The van der Waals surface area contributed by atoms with Crippen molar-refractivity contribution in [2.45, 2.75) is 0 Å². The minimum absolute atomic E-state index is 0.0127. The van der Waals surface area contributed by atoms with Gasteiger partial charge in [-0.3, -0.25) is 14.9 Å². The molecule has 1 aromatic carbocycles. The van der Waals surface area contributed by atoms with Crippen LogP contribution in [-0.4, -0.2) is 22.9 Å². The molecule has 1 amide bonds. The Morgan fingerprint density at radius 2 is 1.95 bits per heavy atom. The van der Waals surface area contributed by atoms with Crippen LogP contribution in [0.25, 0.3) is 0 Å². The summed E-state index contributed by atoms with van der Waals surface area (Å²) in [5.74, 6) is -0.220. The molecule has 1 heterocycles. The summed E-state index contributed by atoms with van der Waals surface area (Å²) < 4.78 is 0.570. The zero-order chi connectivity index (χ0) is 14.7. The Kier molecular flexibility index (Phi) is 4.09. The molecule has 7 heteroatoms. The number of hydrogen-bond acceptors (Lipinski definition) is 4. The van der Waals surface area contributed by atoms with Crippen LogP contribution < -0.4 is 4.90 Å². The van der Waals surface area contributed by atoms with Gasteiger partial charge in [0.15, 0.2) is 0 Å². The number of carbonyl (C=O) groups is 1. The highest BCUT2D eigenvalue weighted by Crippen LogP contribution is 2.20. The molecule has 2 aromatic rings. The molecule has 0 saturated carbocycles. The minimum Gasteiger partial charge on any atom is -0.311 e. The molecule has 0 atom stereocenters. The van der Waals surface area contributed by atoms with E-state index in [9.17, 15) is 14.9 Å². The van der Waals surface area contributed by atoms with Crippen LogP contribution in [0, 0.1) is 10.1 Å². The Morgan fingerprint density at radius 3 is 2.50 bits per heavy atom. The number of aromatic nitrogens is 1. The van der Waals surface area contributed by atoms with Gasteiger partial charge in [-0.2, -0.15) is 0 Å². The summed E-state index contributed by atoms with van der Waals surface area (Å²) in [5, 5.41) is 10.6. The molecule has 0 radical (unpaired) electrons. The van der Waals surface area contributed by atoms with Gasteiger partial charge < -0.3 is 4.90 Å². The lowest BCUT2D eigenvalue weighted by atomic mass is 10.2. The molecule has 0 N–H and O–H groups in total. The molecule has 0 aliphatic carbocycles. The van der Waals surface area contributed by atoms with Crippen molar-refractivity contribution in [1.82, 2.24) is 4.98 Å². The molecule has 0 spiro atoms. The van der Waals surface area contributed by atoms with E-state index >= 15 is 0 Å². The van der Waals surface area contributed by atoms with Gasteiger partial charge in [0.2, 0.25) is 0 Å². The first-order valence-electron chi connectivity index (χ1n) is 5.63. The second-order valence-electron chi connectivity index (χ2n) is 4.00. The highest BCUT2D eigenvalue weighted by atomic mass is 79.9. The molecule has 0 bridgehead atoms. The smallest absolute Gasteiger partial charge is 0.269 e. The number of non-ortho nitro benzene ring substituents is 1. The molecule has 6 nitrogen and oxygen atoms in total. The predicted molar refractivity (Wildman–Crippen MR) is 77.8 cm³/mol. The summed E-state index contributed by atoms with van der Waals surface area (Å²) in [5.41, 5.74) is 1.04. The number of nitro benzene ring substituents is 1. The number of nitro groups is 1. The average molecular weight is 336 g/mol. The van der Waals surface area contributed by atoms with Crippen molar-refractivity contribution < 1.29 is 9.72 Å². The maximum absolute atomic E-state index is 12.3. The van der Waals surface area contributed by atoms with Crippen molar-refractivity contribution in [3.05, 3.63) is 62.9 Å². The van der Waals surface area contributed by atoms with E-state index in [2.05, 4.69) is 20.9 Å². The Balaban J connectivity index is 2.24. The largest absolute Gasteiger partial charge is 0.311 e. The third kappa shape index (κ3) is 3.00. The number of pyridine rings is 1. The van der Waals surface area contributed by atoms with Crippen molar-refractivity contribution >= 4 is 33.2 Å². The van der Waals surface area contributed by atoms with E-state index in [4.69, 9.17) is 0 Å². The van der Waals surface area contributed by atoms with Crippen LogP contribution in [0.5, 0.6) is 0 Å². The lowest BCUT2D eigenvalue weighted by Gasteiger charge is -2.17. The molecule has 0 aliphatic rings.